The van der Waals surface area contributed by atoms with E-state index in [1.54, 1.807) is 13.1 Å². The lowest BCUT2D eigenvalue weighted by molar-refractivity contribution is -0.138. The molecule has 4 nitrogen and oxygen atoms in total. The molecule has 0 aromatic carbocycles. The number of hydrogen-bond donors (Lipinski definition) is 0. The number of aromatic nitrogens is 2. The molecule has 0 bridgehead atoms. The Bertz CT molecular complexity index is 657. The molecule has 0 amide bonds. The number of esters is 1. The number of nitrogens with zero attached hydrogens (tertiary/aromatic N) is 2. The summed E-state index contributed by atoms with van der Waals surface area (Å²) in [7, 11) is 0. The molecule has 0 aliphatic heterocycles. The van der Waals surface area contributed by atoms with Crippen LogP contribution >= 0.6 is 0 Å². The molecule has 0 saturated carbocycles. The van der Waals surface area contributed by atoms with Gasteiger partial charge in [-0.2, -0.15) is 0 Å². The van der Waals surface area contributed by atoms with Gasteiger partial charge in [-0.05, 0) is 50.6 Å². The quantitative estimate of drug-likeness (QED) is 0.606. The van der Waals surface area contributed by atoms with Crippen molar-refractivity contribution in [1.29, 1.82) is 0 Å². The minimum atomic E-state index is -0.264. The predicted octanol–water partition coefficient (Wildman–Crippen LogP) is 3.46. The summed E-state index contributed by atoms with van der Waals surface area (Å²) in [6, 6.07) is 8.15. The molecule has 0 radical (unpaired) electrons. The van der Waals surface area contributed by atoms with E-state index in [1.165, 1.54) is 11.3 Å². The third kappa shape index (κ3) is 3.85. The molecule has 0 fully saturated rings. The molecule has 0 aliphatic carbocycles. The van der Waals surface area contributed by atoms with E-state index in [9.17, 15) is 4.79 Å². The van der Waals surface area contributed by atoms with Gasteiger partial charge in [0.05, 0.1) is 6.61 Å². The van der Waals surface area contributed by atoms with E-state index in [4.69, 9.17) is 4.74 Å². The van der Waals surface area contributed by atoms with Crippen molar-refractivity contribution in [2.45, 2.75) is 33.7 Å². The average molecular weight is 298 g/mol. The second kappa shape index (κ2) is 7.59. The smallest absolute Gasteiger partial charge is 0.333 e. The molecule has 0 saturated heterocycles. The van der Waals surface area contributed by atoms with Crippen molar-refractivity contribution in [2.24, 2.45) is 0 Å². The summed E-state index contributed by atoms with van der Waals surface area (Å²) in [6.07, 6.45) is 6.37. The van der Waals surface area contributed by atoms with Crippen LogP contribution in [0.3, 0.4) is 0 Å². The Labute approximate surface area is 131 Å². The van der Waals surface area contributed by atoms with Crippen LogP contribution in [0, 0.1) is 0 Å². The van der Waals surface area contributed by atoms with Gasteiger partial charge < -0.3 is 9.30 Å². The highest BCUT2D eigenvalue weighted by atomic mass is 16.5. The largest absolute Gasteiger partial charge is 0.463 e. The van der Waals surface area contributed by atoms with Gasteiger partial charge in [0.25, 0.3) is 0 Å². The fraction of sp³-hybridized carbons (Fsp3) is 0.333. The molecule has 2 rings (SSSR count). The number of rotatable bonds is 6. The Hall–Kier alpha value is -2.36. The van der Waals surface area contributed by atoms with Gasteiger partial charge in [-0.3, -0.25) is 4.98 Å². The Balaban J connectivity index is 2.24. The van der Waals surface area contributed by atoms with E-state index >= 15 is 0 Å². The van der Waals surface area contributed by atoms with Crippen molar-refractivity contribution < 1.29 is 9.53 Å². The van der Waals surface area contributed by atoms with E-state index in [-0.39, 0.29) is 5.97 Å². The van der Waals surface area contributed by atoms with E-state index in [1.807, 2.05) is 31.3 Å². The van der Waals surface area contributed by atoms with Gasteiger partial charge >= 0.3 is 5.97 Å². The summed E-state index contributed by atoms with van der Waals surface area (Å²) in [5.74, 6) is -0.264. The third-order valence-corrected chi connectivity index (χ3v) is 3.49. The minimum absolute atomic E-state index is 0.264. The van der Waals surface area contributed by atoms with Gasteiger partial charge in [-0.25, -0.2) is 4.79 Å². The summed E-state index contributed by atoms with van der Waals surface area (Å²) in [5, 5.41) is 0. The molecule has 4 heteroatoms. The maximum atomic E-state index is 11.7. The molecule has 0 atom stereocenters. The van der Waals surface area contributed by atoms with Crippen LogP contribution in [0.4, 0.5) is 0 Å². The topological polar surface area (TPSA) is 44.1 Å². The Kier molecular flexibility index (Phi) is 5.53. The van der Waals surface area contributed by atoms with Crippen LogP contribution in [0.2, 0.25) is 0 Å². The maximum Gasteiger partial charge on any atom is 0.333 e. The van der Waals surface area contributed by atoms with Gasteiger partial charge in [-0.1, -0.05) is 6.07 Å². The lowest BCUT2D eigenvalue weighted by atomic mass is 10.1. The van der Waals surface area contributed by atoms with Crippen LogP contribution in [-0.2, 0) is 22.5 Å². The van der Waals surface area contributed by atoms with E-state index < -0.39 is 0 Å². The van der Waals surface area contributed by atoms with Crippen LogP contribution < -0.4 is 0 Å². The van der Waals surface area contributed by atoms with Crippen LogP contribution in [0.25, 0.3) is 6.08 Å². The zero-order chi connectivity index (χ0) is 15.9. The first kappa shape index (κ1) is 16.0. The molecule has 0 N–H and O–H groups in total. The Morgan fingerprint density at radius 3 is 2.77 bits per heavy atom. The first-order chi connectivity index (χ1) is 10.7. The van der Waals surface area contributed by atoms with Crippen LogP contribution in [0.15, 0.2) is 42.2 Å². The third-order valence-electron chi connectivity index (χ3n) is 3.49. The van der Waals surface area contributed by atoms with Crippen molar-refractivity contribution in [1.82, 2.24) is 9.55 Å². The minimum Gasteiger partial charge on any atom is -0.463 e. The molecule has 2 aromatic heterocycles. The maximum absolute atomic E-state index is 11.7. The number of carbonyl (C=O) groups excluding carboxylic acids is 1. The molecular weight excluding hydrogens is 276 g/mol. The molecule has 116 valence electrons. The monoisotopic (exact) mass is 298 g/mol. The average Bonchev–Trinajstić information content (AvgIpc) is 2.90. The molecule has 0 spiro atoms. The van der Waals surface area contributed by atoms with Crippen LogP contribution in [-0.4, -0.2) is 22.1 Å². The van der Waals surface area contributed by atoms with Gasteiger partial charge in [0.1, 0.15) is 0 Å². The first-order valence-corrected chi connectivity index (χ1v) is 7.58. The normalized spacial score (nSPS) is 11.5. The zero-order valence-electron chi connectivity index (χ0n) is 13.4. The lowest BCUT2D eigenvalue weighted by Gasteiger charge is -2.10. The molecule has 2 heterocycles. The lowest BCUT2D eigenvalue weighted by Crippen LogP contribution is -2.07. The second-order valence-corrected chi connectivity index (χ2v) is 5.08. The van der Waals surface area contributed by atoms with Crippen LogP contribution in [0.5, 0.6) is 0 Å². The number of carbonyl (C=O) groups is 1. The van der Waals surface area contributed by atoms with Crippen molar-refractivity contribution in [3.8, 4) is 0 Å². The van der Waals surface area contributed by atoms with E-state index in [0.29, 0.717) is 12.2 Å². The van der Waals surface area contributed by atoms with Crippen molar-refractivity contribution in [2.75, 3.05) is 6.61 Å². The number of pyridine rings is 1. The van der Waals surface area contributed by atoms with Gasteiger partial charge in [-0.15, -0.1) is 0 Å². The van der Waals surface area contributed by atoms with Crippen molar-refractivity contribution in [3.63, 3.8) is 0 Å². The summed E-state index contributed by atoms with van der Waals surface area (Å²) in [6.45, 7) is 6.94. The summed E-state index contributed by atoms with van der Waals surface area (Å²) >= 11 is 0. The molecular formula is C18H22N2O2. The Morgan fingerprint density at radius 1 is 1.32 bits per heavy atom. The molecule has 0 aliphatic rings. The highest BCUT2D eigenvalue weighted by molar-refractivity contribution is 5.92. The van der Waals surface area contributed by atoms with E-state index in [0.717, 1.165) is 18.7 Å². The molecule has 22 heavy (non-hydrogen) atoms. The van der Waals surface area contributed by atoms with Gasteiger partial charge in [0.2, 0.25) is 0 Å². The zero-order valence-corrected chi connectivity index (χ0v) is 13.4. The van der Waals surface area contributed by atoms with Gasteiger partial charge in [0.15, 0.2) is 0 Å². The predicted molar refractivity (Wildman–Crippen MR) is 87.4 cm³/mol. The van der Waals surface area contributed by atoms with Gasteiger partial charge in [0, 0.05) is 42.3 Å². The fourth-order valence-corrected chi connectivity index (χ4v) is 2.43. The van der Waals surface area contributed by atoms with E-state index in [2.05, 4.69) is 28.6 Å². The summed E-state index contributed by atoms with van der Waals surface area (Å²) in [4.78, 5) is 15.9. The first-order valence-electron chi connectivity index (χ1n) is 7.58. The Morgan fingerprint density at radius 2 is 2.14 bits per heavy atom. The highest BCUT2D eigenvalue weighted by Crippen LogP contribution is 2.17. The SMILES string of the molecule is CCOC(=O)/C(C)=C\c1ccc(Cc2cccnc2)n1CC. The fourth-order valence-electron chi connectivity index (χ4n) is 2.43. The summed E-state index contributed by atoms with van der Waals surface area (Å²) < 4.78 is 7.23. The summed E-state index contributed by atoms with van der Waals surface area (Å²) in [5.41, 5.74) is 4.01. The van der Waals surface area contributed by atoms with Crippen LogP contribution in [0.1, 0.15) is 37.7 Å². The number of hydrogen-bond acceptors (Lipinski definition) is 3. The van der Waals surface area contributed by atoms with Crippen molar-refractivity contribution in [3.05, 3.63) is 59.2 Å². The standard InChI is InChI=1S/C18H22N2O2/c1-4-20-16(11-14(3)18(21)22-5-2)8-9-17(20)12-15-7-6-10-19-13-15/h6-11,13H,4-5,12H2,1-3H3/b14-11-. The highest BCUT2D eigenvalue weighted by Gasteiger charge is 2.09. The molecule has 0 unspecified atom stereocenters. The van der Waals surface area contributed by atoms with Crippen molar-refractivity contribution >= 4 is 12.0 Å². The molecule has 2 aromatic rings. The second-order valence-electron chi connectivity index (χ2n) is 5.08. The number of ether oxygens (including phenoxy) is 1.